The largest absolute Gasteiger partial charge is 0.317 e. The number of nitrogens with one attached hydrogen (secondary N) is 3. The fourth-order valence-corrected chi connectivity index (χ4v) is 1.50. The molecule has 0 saturated carbocycles. The highest BCUT2D eigenvalue weighted by atomic mass is 14.9. The topological polar surface area (TPSA) is 83.7 Å². The van der Waals surface area contributed by atoms with Crippen LogP contribution in [0.25, 0.3) is 0 Å². The molecule has 0 saturated heterocycles. The number of hydrogen-bond donors (Lipinski definition) is 3. The van der Waals surface area contributed by atoms with E-state index in [0.29, 0.717) is 12.8 Å². The van der Waals surface area contributed by atoms with Crippen LogP contribution in [0.1, 0.15) is 32.1 Å². The average Bonchev–Trinajstić information content (AvgIpc) is 2.39. The molecule has 0 fully saturated rings. The molecule has 0 spiro atoms. The van der Waals surface area contributed by atoms with Gasteiger partial charge in [0.2, 0.25) is 0 Å². The molecule has 3 N–H and O–H groups in total. The fourth-order valence-electron chi connectivity index (χ4n) is 1.50. The Kier molecular flexibility index (Phi) is 14.9. The lowest BCUT2D eigenvalue weighted by molar-refractivity contribution is 0.562. The van der Waals surface area contributed by atoms with Crippen molar-refractivity contribution in [1.29, 1.82) is 10.5 Å². The summed E-state index contributed by atoms with van der Waals surface area (Å²) in [6.07, 6.45) is 4.61. The van der Waals surface area contributed by atoms with Crippen molar-refractivity contribution in [1.82, 2.24) is 16.0 Å². The van der Waals surface area contributed by atoms with Crippen LogP contribution in [-0.4, -0.2) is 39.3 Å². The molecule has 0 unspecified atom stereocenters. The van der Waals surface area contributed by atoms with Crippen molar-refractivity contribution in [2.24, 2.45) is 0 Å². The Morgan fingerprint density at radius 3 is 1.39 bits per heavy atom. The summed E-state index contributed by atoms with van der Waals surface area (Å²) in [5, 5.41) is 26.5. The molecule has 0 heterocycles. The van der Waals surface area contributed by atoms with Gasteiger partial charge in [-0.3, -0.25) is 0 Å². The summed E-state index contributed by atoms with van der Waals surface area (Å²) in [4.78, 5) is 0. The Labute approximate surface area is 111 Å². The molecule has 102 valence electrons. The molecule has 0 rings (SSSR count). The maximum atomic E-state index is 8.34. The van der Waals surface area contributed by atoms with Crippen molar-refractivity contribution in [2.75, 3.05) is 39.3 Å². The Morgan fingerprint density at radius 1 is 0.556 bits per heavy atom. The van der Waals surface area contributed by atoms with Crippen molar-refractivity contribution >= 4 is 0 Å². The van der Waals surface area contributed by atoms with E-state index in [9.17, 15) is 0 Å². The summed E-state index contributed by atoms with van der Waals surface area (Å²) in [5.41, 5.74) is 0. The van der Waals surface area contributed by atoms with E-state index in [4.69, 9.17) is 10.5 Å². The summed E-state index contributed by atoms with van der Waals surface area (Å²) in [6, 6.07) is 4.22. The van der Waals surface area contributed by atoms with Crippen LogP contribution < -0.4 is 16.0 Å². The van der Waals surface area contributed by atoms with Gasteiger partial charge in [0.1, 0.15) is 0 Å². The smallest absolute Gasteiger partial charge is 0.0635 e. The summed E-state index contributed by atoms with van der Waals surface area (Å²) < 4.78 is 0. The van der Waals surface area contributed by atoms with Crippen LogP contribution in [0.15, 0.2) is 0 Å². The minimum Gasteiger partial charge on any atom is -0.317 e. The van der Waals surface area contributed by atoms with Crippen LogP contribution in [-0.2, 0) is 0 Å². The summed E-state index contributed by atoms with van der Waals surface area (Å²) >= 11 is 0. The van der Waals surface area contributed by atoms with Crippen molar-refractivity contribution in [3.8, 4) is 12.1 Å². The molecule has 0 amide bonds. The van der Waals surface area contributed by atoms with Gasteiger partial charge in [-0.05, 0) is 45.4 Å². The standard InChI is InChI=1S/C13H25N5/c14-6-3-10-16-8-1-2-9-17-12-5-13-18-11-4-7-15/h16-18H,1-5,8-13H2. The predicted molar refractivity (Wildman–Crippen MR) is 72.9 cm³/mol. The van der Waals surface area contributed by atoms with Gasteiger partial charge in [-0.2, -0.15) is 10.5 Å². The van der Waals surface area contributed by atoms with Crippen LogP contribution in [0.4, 0.5) is 0 Å². The number of nitrogens with zero attached hydrogens (tertiary/aromatic N) is 2. The number of rotatable bonds is 13. The normalized spacial score (nSPS) is 9.89. The van der Waals surface area contributed by atoms with E-state index >= 15 is 0 Å². The summed E-state index contributed by atoms with van der Waals surface area (Å²) in [7, 11) is 0. The summed E-state index contributed by atoms with van der Waals surface area (Å²) in [5.74, 6) is 0. The summed E-state index contributed by atoms with van der Waals surface area (Å²) in [6.45, 7) is 5.66. The monoisotopic (exact) mass is 251 g/mol. The number of unbranched alkanes of at least 4 members (excludes halogenated alkanes) is 1. The first-order valence-electron chi connectivity index (χ1n) is 6.78. The van der Waals surface area contributed by atoms with Crippen molar-refractivity contribution in [2.45, 2.75) is 32.1 Å². The molecule has 0 atom stereocenters. The zero-order valence-corrected chi connectivity index (χ0v) is 11.2. The molecular weight excluding hydrogens is 226 g/mol. The highest BCUT2D eigenvalue weighted by Crippen LogP contribution is 1.85. The Balaban J connectivity index is 2.91. The van der Waals surface area contributed by atoms with E-state index in [0.717, 1.165) is 52.1 Å². The maximum absolute atomic E-state index is 8.34. The maximum Gasteiger partial charge on any atom is 0.0635 e. The molecule has 0 bridgehead atoms. The molecule has 5 nitrogen and oxygen atoms in total. The fraction of sp³-hybridized carbons (Fsp3) is 0.846. The van der Waals surface area contributed by atoms with E-state index in [1.165, 1.54) is 6.42 Å². The molecule has 0 radical (unpaired) electrons. The Hall–Kier alpha value is -1.14. The second-order valence-corrected chi connectivity index (χ2v) is 4.13. The quantitative estimate of drug-likeness (QED) is 0.421. The van der Waals surface area contributed by atoms with Crippen LogP contribution in [0, 0.1) is 22.7 Å². The predicted octanol–water partition coefficient (Wildman–Crippen LogP) is 0.753. The third kappa shape index (κ3) is 14.9. The average molecular weight is 251 g/mol. The lowest BCUT2D eigenvalue weighted by atomic mass is 10.3. The van der Waals surface area contributed by atoms with Crippen LogP contribution in [0.2, 0.25) is 0 Å². The van der Waals surface area contributed by atoms with E-state index in [-0.39, 0.29) is 0 Å². The van der Waals surface area contributed by atoms with Crippen molar-refractivity contribution in [3.05, 3.63) is 0 Å². The first kappa shape index (κ1) is 16.9. The van der Waals surface area contributed by atoms with E-state index < -0.39 is 0 Å². The molecular formula is C13H25N5. The minimum absolute atomic E-state index is 0.590. The molecule has 18 heavy (non-hydrogen) atoms. The van der Waals surface area contributed by atoms with E-state index in [2.05, 4.69) is 28.1 Å². The van der Waals surface area contributed by atoms with Gasteiger partial charge >= 0.3 is 0 Å². The second kappa shape index (κ2) is 15.9. The first-order chi connectivity index (χ1) is 8.91. The molecule has 0 aliphatic heterocycles. The lowest BCUT2D eigenvalue weighted by Gasteiger charge is -2.05. The third-order valence-corrected chi connectivity index (χ3v) is 2.49. The number of nitriles is 2. The molecule has 0 aliphatic carbocycles. The minimum atomic E-state index is 0.590. The van der Waals surface area contributed by atoms with E-state index in [1.807, 2.05) is 0 Å². The first-order valence-corrected chi connectivity index (χ1v) is 6.78. The molecule has 0 aromatic carbocycles. The number of hydrogen-bond acceptors (Lipinski definition) is 5. The van der Waals surface area contributed by atoms with Crippen LogP contribution >= 0.6 is 0 Å². The zero-order valence-electron chi connectivity index (χ0n) is 11.2. The highest BCUT2D eigenvalue weighted by molar-refractivity contribution is 4.70. The molecule has 5 heteroatoms. The van der Waals surface area contributed by atoms with Crippen molar-refractivity contribution in [3.63, 3.8) is 0 Å². The van der Waals surface area contributed by atoms with Gasteiger partial charge in [0.05, 0.1) is 12.1 Å². The second-order valence-electron chi connectivity index (χ2n) is 4.13. The SMILES string of the molecule is N#CCCNCCCCNCCCNCCC#N. The Morgan fingerprint density at radius 2 is 0.944 bits per heavy atom. The molecule has 0 aromatic heterocycles. The Bertz CT molecular complexity index is 215. The van der Waals surface area contributed by atoms with Crippen molar-refractivity contribution < 1.29 is 0 Å². The van der Waals surface area contributed by atoms with Gasteiger partial charge in [-0.25, -0.2) is 0 Å². The van der Waals surface area contributed by atoms with Gasteiger partial charge in [0.15, 0.2) is 0 Å². The third-order valence-electron chi connectivity index (χ3n) is 2.49. The molecule has 0 aliphatic rings. The van der Waals surface area contributed by atoms with Crippen LogP contribution in [0.5, 0.6) is 0 Å². The van der Waals surface area contributed by atoms with Gasteiger partial charge in [-0.1, -0.05) is 0 Å². The highest BCUT2D eigenvalue weighted by Gasteiger charge is 1.91. The lowest BCUT2D eigenvalue weighted by Crippen LogP contribution is -2.24. The van der Waals surface area contributed by atoms with Gasteiger partial charge in [0.25, 0.3) is 0 Å². The molecule has 0 aromatic rings. The van der Waals surface area contributed by atoms with Gasteiger partial charge < -0.3 is 16.0 Å². The van der Waals surface area contributed by atoms with Gasteiger partial charge in [0, 0.05) is 25.9 Å². The van der Waals surface area contributed by atoms with E-state index in [1.54, 1.807) is 0 Å². The zero-order chi connectivity index (χ0) is 13.3. The van der Waals surface area contributed by atoms with Gasteiger partial charge in [-0.15, -0.1) is 0 Å². The van der Waals surface area contributed by atoms with Crippen LogP contribution in [0.3, 0.4) is 0 Å².